The summed E-state index contributed by atoms with van der Waals surface area (Å²) in [5.74, 6) is -0.149. The van der Waals surface area contributed by atoms with Crippen LogP contribution in [-0.4, -0.2) is 37.6 Å². The number of carbonyl (C=O) groups excluding carboxylic acids is 1. The van der Waals surface area contributed by atoms with E-state index >= 15 is 0 Å². The molecular weight excluding hydrogens is 402 g/mol. The van der Waals surface area contributed by atoms with Gasteiger partial charge in [0.25, 0.3) is 0 Å². The molecule has 160 valence electrons. The van der Waals surface area contributed by atoms with Gasteiger partial charge in [-0.1, -0.05) is 29.8 Å². The molecule has 0 fully saturated rings. The Bertz CT molecular complexity index is 653. The average Bonchev–Trinajstić information content (AvgIpc) is 2.63. The van der Waals surface area contributed by atoms with Crippen LogP contribution in [0.15, 0.2) is 24.3 Å². The third-order valence-electron chi connectivity index (χ3n) is 3.97. The van der Waals surface area contributed by atoms with Crippen molar-refractivity contribution in [2.24, 2.45) is 0 Å². The topological polar surface area (TPSA) is 88.1 Å². The van der Waals surface area contributed by atoms with Crippen molar-refractivity contribution in [3.8, 4) is 0 Å². The lowest BCUT2D eigenvalue weighted by molar-refractivity contribution is 0.0979. The fourth-order valence-electron chi connectivity index (χ4n) is 2.77. The van der Waals surface area contributed by atoms with Crippen LogP contribution in [0.25, 0.3) is 0 Å². The lowest BCUT2D eigenvalue weighted by Crippen LogP contribution is -2.19. The van der Waals surface area contributed by atoms with Crippen molar-refractivity contribution in [3.05, 3.63) is 35.4 Å². The smallest absolute Gasteiger partial charge is 0.308 e. The number of Topliss-reactive ketones (excluding diaryl/α,β-unsaturated/α-hetero) is 1. The first-order valence-electron chi connectivity index (χ1n) is 9.63. The van der Waals surface area contributed by atoms with E-state index in [-0.39, 0.29) is 45.1 Å². The van der Waals surface area contributed by atoms with Gasteiger partial charge in [-0.2, -0.15) is 0 Å². The van der Waals surface area contributed by atoms with Crippen LogP contribution in [0.1, 0.15) is 56.5 Å². The van der Waals surface area contributed by atoms with Crippen LogP contribution >= 0.6 is 15.2 Å². The van der Waals surface area contributed by atoms with Gasteiger partial charge in [0.05, 0.1) is 26.4 Å². The Hall–Kier alpha value is -0.810. The van der Waals surface area contributed by atoms with E-state index in [4.69, 9.17) is 18.1 Å². The van der Waals surface area contributed by atoms with E-state index in [1.54, 1.807) is 39.8 Å². The summed E-state index contributed by atoms with van der Waals surface area (Å²) in [6.07, 6.45) is 0.0171. The number of hydrogen-bond acceptors (Lipinski definition) is 7. The van der Waals surface area contributed by atoms with Crippen molar-refractivity contribution in [2.75, 3.05) is 26.4 Å². The van der Waals surface area contributed by atoms with E-state index < -0.39 is 20.6 Å². The second-order valence-corrected chi connectivity index (χ2v) is 10.9. The summed E-state index contributed by atoms with van der Waals surface area (Å²) in [5.41, 5.74) is 1.58. The zero-order valence-electron chi connectivity index (χ0n) is 17.4. The van der Waals surface area contributed by atoms with Gasteiger partial charge in [-0.25, -0.2) is 0 Å². The molecule has 0 unspecified atom stereocenters. The molecule has 0 radical (unpaired) electrons. The second-order valence-electron chi connectivity index (χ2n) is 6.06. The van der Waals surface area contributed by atoms with E-state index in [2.05, 4.69) is 0 Å². The zero-order valence-corrected chi connectivity index (χ0v) is 19.2. The van der Waals surface area contributed by atoms with Crippen LogP contribution in [0.5, 0.6) is 0 Å². The minimum atomic E-state index is -3.83. The molecule has 0 amide bonds. The predicted molar refractivity (Wildman–Crippen MR) is 110 cm³/mol. The van der Waals surface area contributed by atoms with Crippen molar-refractivity contribution >= 4 is 21.0 Å². The van der Waals surface area contributed by atoms with Gasteiger partial charge >= 0.3 is 15.2 Å². The number of rotatable bonds is 14. The maximum absolute atomic E-state index is 13.4. The monoisotopic (exact) mass is 434 g/mol. The van der Waals surface area contributed by atoms with Gasteiger partial charge in [0.2, 0.25) is 0 Å². The Morgan fingerprint density at radius 1 is 0.821 bits per heavy atom. The van der Waals surface area contributed by atoms with Crippen LogP contribution in [0.4, 0.5) is 0 Å². The molecule has 9 heteroatoms. The van der Waals surface area contributed by atoms with Crippen molar-refractivity contribution < 1.29 is 32.0 Å². The lowest BCUT2D eigenvalue weighted by Gasteiger charge is -2.31. The summed E-state index contributed by atoms with van der Waals surface area (Å²) in [6.45, 7) is 9.06. The molecule has 0 atom stereocenters. The number of carbonyl (C=O) groups is 1. The minimum Gasteiger partial charge on any atom is -0.308 e. The van der Waals surface area contributed by atoms with Gasteiger partial charge in [0.1, 0.15) is 0 Å². The molecule has 0 bridgehead atoms. The highest BCUT2D eigenvalue weighted by atomic mass is 31.2. The lowest BCUT2D eigenvalue weighted by atomic mass is 10.1. The Kier molecular flexibility index (Phi) is 10.8. The van der Waals surface area contributed by atoms with Crippen LogP contribution < -0.4 is 0 Å². The molecule has 0 aliphatic rings. The molecule has 0 heterocycles. The molecule has 0 aromatic heterocycles. The van der Waals surface area contributed by atoms with Crippen LogP contribution in [0.3, 0.4) is 0 Å². The van der Waals surface area contributed by atoms with Gasteiger partial charge in [0, 0.05) is 12.0 Å². The van der Waals surface area contributed by atoms with Crippen molar-refractivity contribution in [1.29, 1.82) is 0 Å². The number of hydrogen-bond donors (Lipinski definition) is 0. The van der Waals surface area contributed by atoms with E-state index in [0.717, 1.165) is 5.56 Å². The number of benzene rings is 1. The zero-order chi connectivity index (χ0) is 21.2. The van der Waals surface area contributed by atoms with Crippen LogP contribution in [0, 0.1) is 6.92 Å². The van der Waals surface area contributed by atoms with Crippen molar-refractivity contribution in [2.45, 2.75) is 52.9 Å². The van der Waals surface area contributed by atoms with E-state index in [0.29, 0.717) is 5.56 Å². The van der Waals surface area contributed by atoms with Crippen LogP contribution in [-0.2, 0) is 27.2 Å². The summed E-state index contributed by atoms with van der Waals surface area (Å²) in [5, 5.41) is -1.17. The van der Waals surface area contributed by atoms with Gasteiger partial charge < -0.3 is 18.1 Å². The number of aryl methyl sites for hydroxylation is 1. The Balaban J connectivity index is 3.18. The highest BCUT2D eigenvalue weighted by molar-refractivity contribution is 7.72. The van der Waals surface area contributed by atoms with Crippen molar-refractivity contribution in [3.63, 3.8) is 0 Å². The summed E-state index contributed by atoms with van der Waals surface area (Å²) in [6, 6.07) is 7.17. The van der Waals surface area contributed by atoms with E-state index in [1.165, 1.54) is 0 Å². The molecule has 0 aliphatic heterocycles. The molecule has 1 aromatic rings. The van der Waals surface area contributed by atoms with E-state index in [9.17, 15) is 13.9 Å². The molecule has 0 N–H and O–H groups in total. The SMILES string of the molecule is CCOP(=O)(OCC)C(CCC(=O)c1ccc(C)cc1)P(=O)(OCC)OCC. The molecule has 1 rings (SSSR count). The second kappa shape index (κ2) is 12.0. The quantitative estimate of drug-likeness (QED) is 0.269. The molecule has 28 heavy (non-hydrogen) atoms. The summed E-state index contributed by atoms with van der Waals surface area (Å²) < 4.78 is 48.5. The largest absolute Gasteiger partial charge is 0.345 e. The first kappa shape index (κ1) is 25.2. The third-order valence-corrected chi connectivity index (χ3v) is 10.1. The first-order chi connectivity index (χ1) is 13.3. The fraction of sp³-hybridized carbons (Fsp3) is 0.632. The van der Waals surface area contributed by atoms with Gasteiger partial charge in [-0.15, -0.1) is 0 Å². The normalized spacial score (nSPS) is 12.5. The Labute approximate surface area is 168 Å². The summed E-state index contributed by atoms with van der Waals surface area (Å²) in [4.78, 5) is 12.6. The Morgan fingerprint density at radius 2 is 1.21 bits per heavy atom. The molecule has 7 nitrogen and oxygen atoms in total. The fourth-order valence-corrected chi connectivity index (χ4v) is 8.13. The first-order valence-corrected chi connectivity index (χ1v) is 12.9. The van der Waals surface area contributed by atoms with Gasteiger partial charge in [-0.3, -0.25) is 13.9 Å². The molecule has 0 saturated carbocycles. The maximum Gasteiger partial charge on any atom is 0.345 e. The van der Waals surface area contributed by atoms with E-state index in [1.807, 2.05) is 19.1 Å². The maximum atomic E-state index is 13.4. The molecule has 1 aromatic carbocycles. The minimum absolute atomic E-state index is 0.00126. The Morgan fingerprint density at radius 3 is 1.57 bits per heavy atom. The van der Waals surface area contributed by atoms with Crippen LogP contribution in [0.2, 0.25) is 0 Å². The highest BCUT2D eigenvalue weighted by Crippen LogP contribution is 2.71. The van der Waals surface area contributed by atoms with Crippen molar-refractivity contribution in [1.82, 2.24) is 0 Å². The van der Waals surface area contributed by atoms with Gasteiger partial charge in [-0.05, 0) is 41.0 Å². The van der Waals surface area contributed by atoms with Gasteiger partial charge in [0.15, 0.2) is 11.2 Å². The standard InChI is InChI=1S/C19H32O7P2/c1-6-23-27(21,24-7-2)19(28(22,25-8-3)26-9-4)15-14-18(20)17-12-10-16(5)11-13-17/h10-13,19H,6-9,14-15H2,1-5H3. The molecule has 0 aliphatic carbocycles. The highest BCUT2D eigenvalue weighted by Gasteiger charge is 2.50. The molecular formula is C19H32O7P2. The average molecular weight is 434 g/mol. The third kappa shape index (κ3) is 6.91. The predicted octanol–water partition coefficient (Wildman–Crippen LogP) is 5.82. The molecule has 0 spiro atoms. The number of ketones is 1. The summed E-state index contributed by atoms with van der Waals surface area (Å²) in [7, 11) is -7.66. The summed E-state index contributed by atoms with van der Waals surface area (Å²) >= 11 is 0. The molecule has 0 saturated heterocycles.